The minimum absolute atomic E-state index is 0.0298. The molecule has 0 heterocycles. The number of amides is 2. The van der Waals surface area contributed by atoms with Crippen molar-refractivity contribution in [1.82, 2.24) is 10.2 Å². The predicted molar refractivity (Wildman–Crippen MR) is 173 cm³/mol. The Hall–Kier alpha value is -4.70. The van der Waals surface area contributed by atoms with Crippen LogP contribution in [0.1, 0.15) is 31.4 Å². The van der Waals surface area contributed by atoms with Gasteiger partial charge in [-0.2, -0.15) is 0 Å². The van der Waals surface area contributed by atoms with Crippen molar-refractivity contribution < 1.29 is 27.1 Å². The molecule has 0 spiro atoms. The molecule has 2 amide bonds. The number of rotatable bonds is 14. The van der Waals surface area contributed by atoms with Crippen molar-refractivity contribution >= 4 is 27.5 Å². The maximum absolute atomic E-state index is 15.2. The Kier molecular flexibility index (Phi) is 11.3. The topological polar surface area (TPSA) is 96.0 Å². The molecule has 1 N–H and O–H groups in total. The first-order valence-corrected chi connectivity index (χ1v) is 16.2. The summed E-state index contributed by atoms with van der Waals surface area (Å²) in [7, 11) is -2.86. The number of carbonyl (C=O) groups is 2. The lowest BCUT2D eigenvalue weighted by Gasteiger charge is -2.34. The average Bonchev–Trinajstić information content (AvgIpc) is 3.06. The molecule has 4 aromatic carbocycles. The van der Waals surface area contributed by atoms with Crippen LogP contribution in [0.25, 0.3) is 0 Å². The first-order chi connectivity index (χ1) is 21.6. The van der Waals surface area contributed by atoms with Crippen molar-refractivity contribution in [1.29, 1.82) is 0 Å². The Morgan fingerprint density at radius 3 is 2.13 bits per heavy atom. The van der Waals surface area contributed by atoms with E-state index in [1.165, 1.54) is 42.3 Å². The quantitative estimate of drug-likeness (QED) is 0.196. The van der Waals surface area contributed by atoms with E-state index < -0.39 is 34.3 Å². The van der Waals surface area contributed by atoms with Crippen LogP contribution in [0.15, 0.2) is 114 Å². The Balaban J connectivity index is 1.82. The van der Waals surface area contributed by atoms with Gasteiger partial charge in [-0.3, -0.25) is 13.9 Å². The number of anilines is 1. The van der Waals surface area contributed by atoms with Gasteiger partial charge in [-0.15, -0.1) is 0 Å². The Morgan fingerprint density at radius 2 is 1.49 bits per heavy atom. The second kappa shape index (κ2) is 15.3. The third-order valence-electron chi connectivity index (χ3n) is 7.49. The molecular weight excluding hydrogens is 593 g/mol. The molecule has 0 aromatic heterocycles. The van der Waals surface area contributed by atoms with Gasteiger partial charge in [0.05, 0.1) is 17.7 Å². The molecule has 0 saturated carbocycles. The molecule has 0 aliphatic rings. The molecule has 10 heteroatoms. The summed E-state index contributed by atoms with van der Waals surface area (Å²) in [6, 6.07) is 28.1. The fourth-order valence-corrected chi connectivity index (χ4v) is 6.29. The summed E-state index contributed by atoms with van der Waals surface area (Å²) in [5, 5.41) is 2.99. The predicted octanol–water partition coefficient (Wildman–Crippen LogP) is 5.58. The van der Waals surface area contributed by atoms with E-state index in [2.05, 4.69) is 5.32 Å². The van der Waals surface area contributed by atoms with Crippen LogP contribution in [0, 0.1) is 5.82 Å². The number of hydrogen-bond acceptors (Lipinski definition) is 5. The van der Waals surface area contributed by atoms with Crippen LogP contribution >= 0.6 is 0 Å². The van der Waals surface area contributed by atoms with Crippen LogP contribution in [-0.4, -0.2) is 50.9 Å². The van der Waals surface area contributed by atoms with Crippen molar-refractivity contribution in [2.45, 2.75) is 50.2 Å². The molecule has 4 rings (SSSR count). The van der Waals surface area contributed by atoms with Crippen LogP contribution in [0.5, 0.6) is 5.75 Å². The molecule has 0 fully saturated rings. The van der Waals surface area contributed by atoms with Gasteiger partial charge in [-0.25, -0.2) is 12.8 Å². The van der Waals surface area contributed by atoms with E-state index in [9.17, 15) is 18.0 Å². The van der Waals surface area contributed by atoms with Crippen LogP contribution in [-0.2, 0) is 32.6 Å². The SMILES string of the molecule is CC[C@H](C)NC(=O)[C@H](Cc1ccccc1)N(Cc1cccc(OC)c1)C(=O)CN(c1ccccc1F)S(=O)(=O)c1ccccc1. The van der Waals surface area contributed by atoms with Gasteiger partial charge in [0.2, 0.25) is 11.8 Å². The zero-order valence-corrected chi connectivity index (χ0v) is 26.4. The molecule has 0 unspecified atom stereocenters. The summed E-state index contributed by atoms with van der Waals surface area (Å²) in [6.45, 7) is 3.04. The van der Waals surface area contributed by atoms with Gasteiger partial charge in [0.1, 0.15) is 24.2 Å². The fourth-order valence-electron chi connectivity index (χ4n) is 4.85. The van der Waals surface area contributed by atoms with Crippen LogP contribution in [0.4, 0.5) is 10.1 Å². The molecular formula is C35H38FN3O5S. The van der Waals surface area contributed by atoms with Crippen LogP contribution in [0.3, 0.4) is 0 Å². The average molecular weight is 632 g/mol. The maximum Gasteiger partial charge on any atom is 0.264 e. The lowest BCUT2D eigenvalue weighted by Crippen LogP contribution is -2.54. The van der Waals surface area contributed by atoms with E-state index in [-0.39, 0.29) is 35.5 Å². The van der Waals surface area contributed by atoms with E-state index in [4.69, 9.17) is 4.74 Å². The highest BCUT2D eigenvalue weighted by Crippen LogP contribution is 2.27. The van der Waals surface area contributed by atoms with Crippen molar-refractivity contribution in [3.05, 3.63) is 126 Å². The summed E-state index contributed by atoms with van der Waals surface area (Å²) in [6.07, 6.45) is 0.841. The van der Waals surface area contributed by atoms with Crippen molar-refractivity contribution in [3.63, 3.8) is 0 Å². The van der Waals surface area contributed by atoms with Gasteiger partial charge in [0.15, 0.2) is 0 Å². The van der Waals surface area contributed by atoms with Gasteiger partial charge < -0.3 is 15.0 Å². The third kappa shape index (κ3) is 8.48. The Morgan fingerprint density at radius 1 is 0.867 bits per heavy atom. The highest BCUT2D eigenvalue weighted by molar-refractivity contribution is 7.92. The third-order valence-corrected chi connectivity index (χ3v) is 9.26. The smallest absolute Gasteiger partial charge is 0.264 e. The number of methoxy groups -OCH3 is 1. The van der Waals surface area contributed by atoms with E-state index in [1.807, 2.05) is 44.2 Å². The summed E-state index contributed by atoms with van der Waals surface area (Å²) in [4.78, 5) is 29.6. The maximum atomic E-state index is 15.2. The summed E-state index contributed by atoms with van der Waals surface area (Å²) >= 11 is 0. The molecule has 8 nitrogen and oxygen atoms in total. The summed E-state index contributed by atoms with van der Waals surface area (Å²) < 4.78 is 49.3. The molecule has 0 saturated heterocycles. The Labute approximate surface area is 264 Å². The monoisotopic (exact) mass is 631 g/mol. The number of ether oxygens (including phenoxy) is 1. The van der Waals surface area contributed by atoms with Gasteiger partial charge in [-0.05, 0) is 60.9 Å². The highest BCUT2D eigenvalue weighted by atomic mass is 32.2. The van der Waals surface area contributed by atoms with Crippen LogP contribution < -0.4 is 14.4 Å². The molecule has 4 aromatic rings. The summed E-state index contributed by atoms with van der Waals surface area (Å²) in [5.41, 5.74) is 1.20. The molecule has 0 radical (unpaired) electrons. The number of nitrogens with one attached hydrogen (secondary N) is 1. The van der Waals surface area contributed by atoms with E-state index in [1.54, 1.807) is 42.5 Å². The number of halogens is 1. The first-order valence-electron chi connectivity index (χ1n) is 14.7. The highest BCUT2D eigenvalue weighted by Gasteiger charge is 2.35. The molecule has 2 atom stereocenters. The zero-order chi connectivity index (χ0) is 32.4. The lowest BCUT2D eigenvalue weighted by molar-refractivity contribution is -0.140. The van der Waals surface area contributed by atoms with Crippen molar-refractivity contribution in [2.24, 2.45) is 0 Å². The van der Waals surface area contributed by atoms with Gasteiger partial charge in [0, 0.05) is 19.0 Å². The number of hydrogen-bond donors (Lipinski definition) is 1. The number of carbonyl (C=O) groups excluding carboxylic acids is 2. The summed E-state index contributed by atoms with van der Waals surface area (Å²) in [5.74, 6) is -1.31. The van der Waals surface area contributed by atoms with Crippen LogP contribution in [0.2, 0.25) is 0 Å². The molecule has 0 aliphatic carbocycles. The first kappa shape index (κ1) is 33.2. The minimum Gasteiger partial charge on any atom is -0.497 e. The van der Waals surface area contributed by atoms with E-state index in [0.29, 0.717) is 17.7 Å². The normalized spacial score (nSPS) is 12.5. The van der Waals surface area contributed by atoms with Gasteiger partial charge >= 0.3 is 0 Å². The Bertz CT molecular complexity index is 1690. The van der Waals surface area contributed by atoms with Crippen molar-refractivity contribution in [2.75, 3.05) is 18.0 Å². The molecule has 236 valence electrons. The minimum atomic E-state index is -4.39. The zero-order valence-electron chi connectivity index (χ0n) is 25.6. The molecule has 45 heavy (non-hydrogen) atoms. The number of nitrogens with zero attached hydrogens (tertiary/aromatic N) is 2. The molecule has 0 aliphatic heterocycles. The lowest BCUT2D eigenvalue weighted by atomic mass is 10.0. The van der Waals surface area contributed by atoms with Gasteiger partial charge in [0.25, 0.3) is 10.0 Å². The van der Waals surface area contributed by atoms with Gasteiger partial charge in [-0.1, -0.05) is 79.7 Å². The second-order valence-corrected chi connectivity index (χ2v) is 12.5. The molecule has 0 bridgehead atoms. The standard InChI is InChI=1S/C35H38FN3O5S/c1-4-26(2)37-35(41)33(23-27-14-7-5-8-15-27)38(24-28-16-13-17-29(22-28)44-3)34(40)25-39(32-21-12-11-20-31(32)36)45(42,43)30-18-9-6-10-19-30/h5-22,26,33H,4,23-25H2,1-3H3,(H,37,41)/t26-,33-/m0/s1. The van der Waals surface area contributed by atoms with E-state index in [0.717, 1.165) is 15.9 Å². The number of sulfonamides is 1. The number of benzene rings is 4. The second-order valence-electron chi connectivity index (χ2n) is 10.7. The fraction of sp³-hybridized carbons (Fsp3) is 0.257. The van der Waals surface area contributed by atoms with E-state index >= 15 is 4.39 Å². The number of para-hydroxylation sites is 1. The largest absolute Gasteiger partial charge is 0.497 e. The van der Waals surface area contributed by atoms with Crippen molar-refractivity contribution in [3.8, 4) is 5.75 Å².